The molecule has 1 aliphatic rings. The summed E-state index contributed by atoms with van der Waals surface area (Å²) in [4.78, 5) is 28.2. The van der Waals surface area contributed by atoms with Crippen molar-refractivity contribution in [1.29, 1.82) is 0 Å². The first-order valence-electron chi connectivity index (χ1n) is 8.76. The lowest BCUT2D eigenvalue weighted by molar-refractivity contribution is -0.139. The molecule has 2 unspecified atom stereocenters. The van der Waals surface area contributed by atoms with Gasteiger partial charge in [0.15, 0.2) is 0 Å². The molecule has 2 aromatic rings. The minimum atomic E-state index is -0.687. The van der Waals surface area contributed by atoms with Crippen LogP contribution in [0.1, 0.15) is 36.6 Å². The predicted octanol–water partition coefficient (Wildman–Crippen LogP) is 3.21. The highest BCUT2D eigenvalue weighted by Gasteiger charge is 2.35. The molecular formula is C19H23N3O4S. The fourth-order valence-corrected chi connectivity index (χ4v) is 3.84. The van der Waals surface area contributed by atoms with E-state index in [9.17, 15) is 9.59 Å². The molecule has 7 nitrogen and oxygen atoms in total. The number of nitrogens with zero attached hydrogens (tertiary/aromatic N) is 1. The van der Waals surface area contributed by atoms with Crippen molar-refractivity contribution in [2.45, 2.75) is 25.9 Å². The minimum absolute atomic E-state index is 0.134. The van der Waals surface area contributed by atoms with E-state index < -0.39 is 12.0 Å². The number of urea groups is 1. The second kappa shape index (κ2) is 8.41. The summed E-state index contributed by atoms with van der Waals surface area (Å²) >= 11 is 1.67. The maximum Gasteiger partial charge on any atom is 0.338 e. The van der Waals surface area contributed by atoms with Crippen molar-refractivity contribution in [3.8, 4) is 0 Å². The first-order chi connectivity index (χ1) is 13.0. The Balaban J connectivity index is 1.94. The van der Waals surface area contributed by atoms with Crippen molar-refractivity contribution in [1.82, 2.24) is 15.5 Å². The van der Waals surface area contributed by atoms with Crippen LogP contribution in [0.4, 0.5) is 4.79 Å². The number of rotatable bonds is 7. The van der Waals surface area contributed by atoms with Gasteiger partial charge in [-0.1, -0.05) is 6.07 Å². The van der Waals surface area contributed by atoms with E-state index in [1.807, 2.05) is 18.5 Å². The average Bonchev–Trinajstić information content (AvgIpc) is 3.34. The van der Waals surface area contributed by atoms with Gasteiger partial charge in [0.1, 0.15) is 11.8 Å². The third kappa shape index (κ3) is 4.23. The third-order valence-electron chi connectivity index (χ3n) is 4.50. The van der Waals surface area contributed by atoms with E-state index >= 15 is 0 Å². The van der Waals surface area contributed by atoms with Gasteiger partial charge in [-0.25, -0.2) is 9.59 Å². The number of thiophene rings is 1. The van der Waals surface area contributed by atoms with E-state index in [1.165, 1.54) is 11.1 Å². The third-order valence-corrected chi connectivity index (χ3v) is 5.54. The molecular weight excluding hydrogens is 366 g/mol. The molecule has 2 N–H and O–H groups in total. The van der Waals surface area contributed by atoms with Gasteiger partial charge < -0.3 is 19.8 Å². The topological polar surface area (TPSA) is 83.8 Å². The van der Waals surface area contributed by atoms with E-state index in [0.717, 1.165) is 0 Å². The Morgan fingerprint density at radius 1 is 1.41 bits per heavy atom. The Hall–Kier alpha value is -2.58. The predicted molar refractivity (Wildman–Crippen MR) is 102 cm³/mol. The van der Waals surface area contributed by atoms with E-state index in [2.05, 4.69) is 28.5 Å². The molecule has 1 aliphatic heterocycles. The molecule has 0 radical (unpaired) electrons. The minimum Gasteiger partial charge on any atom is -0.467 e. The van der Waals surface area contributed by atoms with Crippen LogP contribution in [0.3, 0.4) is 0 Å². The van der Waals surface area contributed by atoms with Gasteiger partial charge in [-0.2, -0.15) is 0 Å². The molecule has 2 amide bonds. The lowest BCUT2D eigenvalue weighted by Gasteiger charge is -2.31. The highest BCUT2D eigenvalue weighted by molar-refractivity contribution is 7.10. The van der Waals surface area contributed by atoms with Crippen molar-refractivity contribution in [2.75, 3.05) is 20.2 Å². The van der Waals surface area contributed by atoms with Crippen LogP contribution in [0.15, 0.2) is 51.6 Å². The van der Waals surface area contributed by atoms with E-state index in [-0.39, 0.29) is 18.7 Å². The molecule has 2 aromatic heterocycles. The highest BCUT2D eigenvalue weighted by Crippen LogP contribution is 2.30. The Labute approximate surface area is 162 Å². The average molecular weight is 389 g/mol. The number of nitrogens with one attached hydrogen (secondary N) is 2. The van der Waals surface area contributed by atoms with Gasteiger partial charge >= 0.3 is 12.0 Å². The SMILES string of the molecule is CCOC(=O)C1=C(CN(C)C(C)c2cccs2)NC(=O)NC1c1ccco1. The molecule has 0 saturated carbocycles. The number of furan rings is 1. The van der Waals surface area contributed by atoms with Crippen molar-refractivity contribution in [2.24, 2.45) is 0 Å². The van der Waals surface area contributed by atoms with E-state index in [4.69, 9.17) is 9.15 Å². The van der Waals surface area contributed by atoms with Crippen LogP contribution in [-0.2, 0) is 9.53 Å². The molecule has 0 spiro atoms. The zero-order chi connectivity index (χ0) is 19.4. The quantitative estimate of drug-likeness (QED) is 0.711. The van der Waals surface area contributed by atoms with Gasteiger partial charge in [-0.15, -0.1) is 11.3 Å². The lowest BCUT2D eigenvalue weighted by Crippen LogP contribution is -2.48. The van der Waals surface area contributed by atoms with Crippen LogP contribution in [0.2, 0.25) is 0 Å². The fraction of sp³-hybridized carbons (Fsp3) is 0.368. The summed E-state index contributed by atoms with van der Waals surface area (Å²) in [5.41, 5.74) is 0.876. The second-order valence-corrected chi connectivity index (χ2v) is 7.25. The van der Waals surface area contributed by atoms with Gasteiger partial charge in [-0.05, 0) is 44.5 Å². The van der Waals surface area contributed by atoms with Crippen molar-refractivity contribution in [3.63, 3.8) is 0 Å². The Morgan fingerprint density at radius 3 is 2.85 bits per heavy atom. The first kappa shape index (κ1) is 19.2. The standard InChI is InChI=1S/C19H23N3O4S/c1-4-25-18(23)16-13(11-22(3)12(2)15-8-6-10-27-15)20-19(24)21-17(16)14-7-5-9-26-14/h5-10,12,17H,4,11H2,1-3H3,(H2,20,21,24). The van der Waals surface area contributed by atoms with Crippen LogP contribution in [0, 0.1) is 0 Å². The Morgan fingerprint density at radius 2 is 2.22 bits per heavy atom. The molecule has 144 valence electrons. The Kier molecular flexibility index (Phi) is 5.98. The number of carbonyl (C=O) groups is 2. The van der Waals surface area contributed by atoms with E-state index in [0.29, 0.717) is 23.6 Å². The molecule has 3 rings (SSSR count). The van der Waals surface area contributed by atoms with Crippen LogP contribution < -0.4 is 10.6 Å². The summed E-state index contributed by atoms with van der Waals surface area (Å²) in [5.74, 6) is 0.0120. The molecule has 27 heavy (non-hydrogen) atoms. The van der Waals surface area contributed by atoms with Crippen LogP contribution in [0.5, 0.6) is 0 Å². The van der Waals surface area contributed by atoms with Gasteiger partial charge in [0.25, 0.3) is 0 Å². The molecule has 0 fully saturated rings. The smallest absolute Gasteiger partial charge is 0.338 e. The monoisotopic (exact) mass is 389 g/mol. The van der Waals surface area contributed by atoms with Crippen LogP contribution in [0.25, 0.3) is 0 Å². The number of hydrogen-bond donors (Lipinski definition) is 2. The normalized spacial score (nSPS) is 18.2. The number of esters is 1. The summed E-state index contributed by atoms with van der Waals surface area (Å²) in [6.07, 6.45) is 1.51. The highest BCUT2D eigenvalue weighted by atomic mass is 32.1. The summed E-state index contributed by atoms with van der Waals surface area (Å²) in [6.45, 7) is 4.47. The zero-order valence-corrected chi connectivity index (χ0v) is 16.3. The zero-order valence-electron chi connectivity index (χ0n) is 15.5. The van der Waals surface area contributed by atoms with Gasteiger partial charge in [0.05, 0.1) is 18.4 Å². The lowest BCUT2D eigenvalue weighted by atomic mass is 9.99. The number of carbonyl (C=O) groups excluding carboxylic acids is 2. The number of ether oxygens (including phenoxy) is 1. The number of amides is 2. The molecule has 0 saturated heterocycles. The Bertz CT molecular complexity index is 814. The fourth-order valence-electron chi connectivity index (χ4n) is 2.99. The molecule has 0 aliphatic carbocycles. The van der Waals surface area contributed by atoms with Crippen LogP contribution in [-0.4, -0.2) is 37.1 Å². The second-order valence-electron chi connectivity index (χ2n) is 6.27. The summed E-state index contributed by atoms with van der Waals surface area (Å²) in [7, 11) is 1.95. The van der Waals surface area contributed by atoms with Gasteiger partial charge in [0.2, 0.25) is 0 Å². The molecule has 0 bridgehead atoms. The van der Waals surface area contributed by atoms with Crippen molar-refractivity contribution in [3.05, 3.63) is 57.8 Å². The molecule has 2 atom stereocenters. The van der Waals surface area contributed by atoms with Crippen LogP contribution >= 0.6 is 11.3 Å². The maximum atomic E-state index is 12.7. The van der Waals surface area contributed by atoms with E-state index in [1.54, 1.807) is 30.4 Å². The van der Waals surface area contributed by atoms with Crippen molar-refractivity contribution >= 4 is 23.3 Å². The van der Waals surface area contributed by atoms with Gasteiger partial charge in [-0.3, -0.25) is 4.90 Å². The number of likely N-dealkylation sites (N-methyl/N-ethyl adjacent to an activating group) is 1. The largest absolute Gasteiger partial charge is 0.467 e. The number of hydrogen-bond acceptors (Lipinski definition) is 6. The summed E-state index contributed by atoms with van der Waals surface area (Å²) in [6, 6.07) is 6.59. The molecule has 8 heteroatoms. The maximum absolute atomic E-state index is 12.7. The van der Waals surface area contributed by atoms with Gasteiger partial charge in [0, 0.05) is 23.2 Å². The summed E-state index contributed by atoms with van der Waals surface area (Å²) < 4.78 is 10.7. The first-order valence-corrected chi connectivity index (χ1v) is 9.64. The molecule has 0 aromatic carbocycles. The van der Waals surface area contributed by atoms with Crippen molar-refractivity contribution < 1.29 is 18.7 Å². The summed E-state index contributed by atoms with van der Waals surface area (Å²) in [5, 5.41) is 7.56. The molecule has 3 heterocycles.